The summed E-state index contributed by atoms with van der Waals surface area (Å²) in [4.78, 5) is 12.5. The molecule has 0 unspecified atom stereocenters. The minimum absolute atomic E-state index is 0.112. The Morgan fingerprint density at radius 3 is 2.93 bits per heavy atom. The van der Waals surface area contributed by atoms with Crippen LogP contribution in [0.5, 0.6) is 0 Å². The van der Waals surface area contributed by atoms with Crippen LogP contribution in [-0.4, -0.2) is 22.5 Å². The Labute approximate surface area is 90.5 Å². The molecule has 0 aromatic heterocycles. The quantitative estimate of drug-likeness (QED) is 0.877. The maximum absolute atomic E-state index is 10.5. The summed E-state index contributed by atoms with van der Waals surface area (Å²) in [6, 6.07) is 6.01. The maximum atomic E-state index is 10.5. The summed E-state index contributed by atoms with van der Waals surface area (Å²) in [5.74, 6) is -0.770. The lowest BCUT2D eigenvalue weighted by Gasteiger charge is -2.10. The molecule has 3 nitrogen and oxygen atoms in total. The van der Waals surface area contributed by atoms with Crippen LogP contribution in [0.2, 0.25) is 0 Å². The third-order valence-electron chi connectivity index (χ3n) is 2.35. The van der Waals surface area contributed by atoms with Crippen LogP contribution in [0, 0.1) is 0 Å². The standard InChI is InChI=1S/C10H10BrNO2/c11-9-3-1-2-7-4-12(5-8(7)9)6-10(13)14/h1-3H,4-6H2,(H,13,14). The van der Waals surface area contributed by atoms with E-state index < -0.39 is 5.97 Å². The maximum Gasteiger partial charge on any atom is 0.317 e. The fourth-order valence-electron chi connectivity index (χ4n) is 1.75. The Morgan fingerprint density at radius 1 is 1.50 bits per heavy atom. The SMILES string of the molecule is O=C(O)CN1Cc2cccc(Br)c2C1. The normalized spacial score (nSPS) is 15.5. The predicted octanol–water partition coefficient (Wildman–Crippen LogP) is 1.85. The van der Waals surface area contributed by atoms with Crippen molar-refractivity contribution in [3.63, 3.8) is 0 Å². The Morgan fingerprint density at radius 2 is 2.29 bits per heavy atom. The van der Waals surface area contributed by atoms with Gasteiger partial charge in [-0.25, -0.2) is 0 Å². The number of carboxylic acids is 1. The third kappa shape index (κ3) is 1.81. The highest BCUT2D eigenvalue weighted by Crippen LogP contribution is 2.28. The lowest BCUT2D eigenvalue weighted by Crippen LogP contribution is -2.24. The number of fused-ring (bicyclic) bond motifs is 1. The third-order valence-corrected chi connectivity index (χ3v) is 3.09. The first-order valence-electron chi connectivity index (χ1n) is 4.37. The monoisotopic (exact) mass is 255 g/mol. The molecule has 2 rings (SSSR count). The number of nitrogens with zero attached hydrogens (tertiary/aromatic N) is 1. The highest BCUT2D eigenvalue weighted by Gasteiger charge is 2.21. The number of aliphatic carboxylic acids is 1. The van der Waals surface area contributed by atoms with Crippen molar-refractivity contribution in [1.29, 1.82) is 0 Å². The molecule has 14 heavy (non-hydrogen) atoms. The molecule has 1 aliphatic heterocycles. The second-order valence-electron chi connectivity index (χ2n) is 3.42. The molecule has 1 aromatic carbocycles. The summed E-state index contributed by atoms with van der Waals surface area (Å²) < 4.78 is 1.07. The Hall–Kier alpha value is -0.870. The number of halogens is 1. The summed E-state index contributed by atoms with van der Waals surface area (Å²) in [6.45, 7) is 1.57. The van der Waals surface area contributed by atoms with Gasteiger partial charge in [-0.15, -0.1) is 0 Å². The molecular formula is C10H10BrNO2. The van der Waals surface area contributed by atoms with E-state index in [-0.39, 0.29) is 6.54 Å². The Kier molecular flexibility index (Phi) is 2.56. The first-order valence-corrected chi connectivity index (χ1v) is 5.16. The zero-order chi connectivity index (χ0) is 10.1. The summed E-state index contributed by atoms with van der Waals surface area (Å²) in [5, 5.41) is 8.67. The summed E-state index contributed by atoms with van der Waals surface area (Å²) >= 11 is 3.47. The van der Waals surface area contributed by atoms with Gasteiger partial charge in [0.05, 0.1) is 6.54 Å². The number of rotatable bonds is 2. The fraction of sp³-hybridized carbons (Fsp3) is 0.300. The first-order chi connectivity index (χ1) is 6.66. The molecule has 0 spiro atoms. The molecule has 1 heterocycles. The molecule has 0 bridgehead atoms. The van der Waals surface area contributed by atoms with Crippen molar-refractivity contribution in [2.45, 2.75) is 13.1 Å². The van der Waals surface area contributed by atoms with Gasteiger partial charge in [-0.2, -0.15) is 0 Å². The van der Waals surface area contributed by atoms with Crippen LogP contribution in [0.4, 0.5) is 0 Å². The second kappa shape index (κ2) is 3.71. The van der Waals surface area contributed by atoms with Crippen molar-refractivity contribution >= 4 is 21.9 Å². The van der Waals surface area contributed by atoms with Crippen LogP contribution >= 0.6 is 15.9 Å². The molecule has 0 aliphatic carbocycles. The average molecular weight is 256 g/mol. The first kappa shape index (κ1) is 9.68. The van der Waals surface area contributed by atoms with Crippen molar-refractivity contribution in [3.8, 4) is 0 Å². The molecule has 0 fully saturated rings. The average Bonchev–Trinajstić information content (AvgIpc) is 2.47. The largest absolute Gasteiger partial charge is 0.480 e. The topological polar surface area (TPSA) is 40.5 Å². The van der Waals surface area contributed by atoms with E-state index in [1.54, 1.807) is 0 Å². The van der Waals surface area contributed by atoms with Gasteiger partial charge in [0.1, 0.15) is 0 Å². The van der Waals surface area contributed by atoms with Gasteiger partial charge in [-0.3, -0.25) is 9.69 Å². The van der Waals surface area contributed by atoms with E-state index >= 15 is 0 Å². The van der Waals surface area contributed by atoms with Crippen LogP contribution in [-0.2, 0) is 17.9 Å². The lowest BCUT2D eigenvalue weighted by atomic mass is 10.1. The van der Waals surface area contributed by atoms with Crippen molar-refractivity contribution in [1.82, 2.24) is 4.90 Å². The van der Waals surface area contributed by atoms with Gasteiger partial charge >= 0.3 is 5.97 Å². The van der Waals surface area contributed by atoms with E-state index in [2.05, 4.69) is 15.9 Å². The molecule has 0 amide bonds. The van der Waals surface area contributed by atoms with E-state index in [0.717, 1.165) is 17.6 Å². The molecular weight excluding hydrogens is 246 g/mol. The van der Waals surface area contributed by atoms with Gasteiger partial charge < -0.3 is 5.11 Å². The molecule has 0 saturated heterocycles. The predicted molar refractivity (Wildman–Crippen MR) is 55.9 cm³/mol. The molecule has 74 valence electrons. The zero-order valence-electron chi connectivity index (χ0n) is 7.53. The van der Waals surface area contributed by atoms with Crippen LogP contribution in [0.25, 0.3) is 0 Å². The highest BCUT2D eigenvalue weighted by molar-refractivity contribution is 9.10. The second-order valence-corrected chi connectivity index (χ2v) is 4.27. The van der Waals surface area contributed by atoms with Crippen LogP contribution in [0.1, 0.15) is 11.1 Å². The summed E-state index contributed by atoms with van der Waals surface area (Å²) in [5.41, 5.74) is 2.44. The molecule has 4 heteroatoms. The lowest BCUT2D eigenvalue weighted by molar-refractivity contribution is -0.138. The zero-order valence-corrected chi connectivity index (χ0v) is 9.12. The number of hydrogen-bond donors (Lipinski definition) is 1. The highest BCUT2D eigenvalue weighted by atomic mass is 79.9. The van der Waals surface area contributed by atoms with Gasteiger partial charge in [0.25, 0.3) is 0 Å². The molecule has 1 aromatic rings. The van der Waals surface area contributed by atoms with Gasteiger partial charge in [-0.05, 0) is 17.2 Å². The molecule has 0 atom stereocenters. The minimum atomic E-state index is -0.770. The van der Waals surface area contributed by atoms with Crippen molar-refractivity contribution < 1.29 is 9.90 Å². The molecule has 1 N–H and O–H groups in total. The number of benzene rings is 1. The van der Waals surface area contributed by atoms with Gasteiger partial charge in [-0.1, -0.05) is 28.1 Å². The Balaban J connectivity index is 2.18. The summed E-state index contributed by atoms with van der Waals surface area (Å²) in [6.07, 6.45) is 0. The van der Waals surface area contributed by atoms with Gasteiger partial charge in [0.15, 0.2) is 0 Å². The van der Waals surface area contributed by atoms with Crippen LogP contribution in [0.15, 0.2) is 22.7 Å². The fourth-order valence-corrected chi connectivity index (χ4v) is 2.28. The molecule has 0 radical (unpaired) electrons. The van der Waals surface area contributed by atoms with E-state index in [0.29, 0.717) is 0 Å². The van der Waals surface area contributed by atoms with E-state index in [9.17, 15) is 4.79 Å². The summed E-state index contributed by atoms with van der Waals surface area (Å²) in [7, 11) is 0. The molecule has 0 saturated carbocycles. The van der Waals surface area contributed by atoms with Crippen LogP contribution < -0.4 is 0 Å². The van der Waals surface area contributed by atoms with Crippen LogP contribution in [0.3, 0.4) is 0 Å². The van der Waals surface area contributed by atoms with Crippen molar-refractivity contribution in [3.05, 3.63) is 33.8 Å². The minimum Gasteiger partial charge on any atom is -0.480 e. The number of hydrogen-bond acceptors (Lipinski definition) is 2. The van der Waals surface area contributed by atoms with E-state index in [4.69, 9.17) is 5.11 Å². The van der Waals surface area contributed by atoms with Crippen molar-refractivity contribution in [2.24, 2.45) is 0 Å². The van der Waals surface area contributed by atoms with E-state index in [1.165, 1.54) is 11.1 Å². The number of carboxylic acid groups (broad SMARTS) is 1. The number of carbonyl (C=O) groups is 1. The molecule has 1 aliphatic rings. The van der Waals surface area contributed by atoms with Gasteiger partial charge in [0, 0.05) is 17.6 Å². The Bertz CT molecular complexity index is 378. The smallest absolute Gasteiger partial charge is 0.317 e. The van der Waals surface area contributed by atoms with Crippen molar-refractivity contribution in [2.75, 3.05) is 6.54 Å². The van der Waals surface area contributed by atoms with Gasteiger partial charge in [0.2, 0.25) is 0 Å². The van der Waals surface area contributed by atoms with E-state index in [1.807, 2.05) is 23.1 Å².